The number of carbonyl (C=O) groups is 1. The highest BCUT2D eigenvalue weighted by molar-refractivity contribution is 6.14. The quantitative estimate of drug-likeness (QED) is 0.103. The zero-order valence-corrected chi connectivity index (χ0v) is 31.4. The molecule has 0 radical (unpaired) electrons. The molecule has 8 rings (SSSR count). The third kappa shape index (κ3) is 8.62. The molecule has 8 aromatic rings. The van der Waals surface area contributed by atoms with Crippen molar-refractivity contribution in [1.29, 1.82) is 0 Å². The summed E-state index contributed by atoms with van der Waals surface area (Å²) in [6.07, 6.45) is 0. The predicted molar refractivity (Wildman–Crippen MR) is 223 cm³/mol. The molecule has 1 aromatic heterocycles. The van der Waals surface area contributed by atoms with Gasteiger partial charge in [0.15, 0.2) is 23.0 Å². The second-order valence-corrected chi connectivity index (χ2v) is 13.5. The highest BCUT2D eigenvalue weighted by atomic mass is 16.5. The van der Waals surface area contributed by atoms with E-state index in [1.807, 2.05) is 121 Å². The maximum Gasteiger partial charge on any atom is 0.208 e. The van der Waals surface area contributed by atoms with Gasteiger partial charge in [-0.15, -0.1) is 0 Å². The summed E-state index contributed by atoms with van der Waals surface area (Å²) >= 11 is 0. The average molecular weight is 767 g/mol. The lowest BCUT2D eigenvalue weighted by Crippen LogP contribution is -2.18. The number of carbonyl (C=O) groups excluding carboxylic acids is 1. The molecule has 7 aromatic carbocycles. The lowest BCUT2D eigenvalue weighted by Gasteiger charge is -2.17. The molecule has 0 amide bonds. The monoisotopic (exact) mass is 766 g/mol. The van der Waals surface area contributed by atoms with E-state index in [0.29, 0.717) is 28.6 Å². The van der Waals surface area contributed by atoms with Crippen molar-refractivity contribution in [1.82, 2.24) is 0 Å². The van der Waals surface area contributed by atoms with E-state index in [1.165, 1.54) is 6.07 Å². The van der Waals surface area contributed by atoms with Crippen LogP contribution in [-0.4, -0.2) is 10.9 Å². The van der Waals surface area contributed by atoms with Crippen molar-refractivity contribution in [2.24, 2.45) is 0 Å². The Labute approximate surface area is 335 Å². The van der Waals surface area contributed by atoms with Crippen molar-refractivity contribution in [2.75, 3.05) is 0 Å². The molecule has 0 saturated carbocycles. The number of aromatic hydroxyl groups is 1. The van der Waals surface area contributed by atoms with Crippen LogP contribution in [0.25, 0.3) is 22.3 Å². The Morgan fingerprint density at radius 1 is 0.483 bits per heavy atom. The summed E-state index contributed by atoms with van der Waals surface area (Å²) in [5.74, 6) is 0.643. The second-order valence-electron chi connectivity index (χ2n) is 13.5. The van der Waals surface area contributed by atoms with E-state index < -0.39 is 11.2 Å². The minimum absolute atomic E-state index is 0.00317. The summed E-state index contributed by atoms with van der Waals surface area (Å²) in [5.41, 5.74) is 3.49. The largest absolute Gasteiger partial charge is 0.507 e. The highest BCUT2D eigenvalue weighted by Gasteiger charge is 2.27. The summed E-state index contributed by atoms with van der Waals surface area (Å²) in [5, 5.41) is 10.8. The lowest BCUT2D eigenvalue weighted by molar-refractivity contribution is 0.103. The molecule has 0 saturated heterocycles. The van der Waals surface area contributed by atoms with E-state index in [0.717, 1.165) is 22.3 Å². The van der Waals surface area contributed by atoms with Gasteiger partial charge in [0.25, 0.3) is 0 Å². The number of hydrogen-bond donors (Lipinski definition) is 1. The first-order valence-electron chi connectivity index (χ1n) is 18.8. The minimum atomic E-state index is -0.688. The van der Waals surface area contributed by atoms with Gasteiger partial charge in [-0.1, -0.05) is 127 Å². The first kappa shape index (κ1) is 37.3. The number of fused-ring (bicyclic) bond motifs is 1. The lowest BCUT2D eigenvalue weighted by atomic mass is 9.96. The maximum atomic E-state index is 14.8. The van der Waals surface area contributed by atoms with E-state index in [1.54, 1.807) is 48.5 Å². The number of rotatable bonds is 15. The Bertz CT molecular complexity index is 2710. The SMILES string of the molecule is O=C(c1ccc(OCc2ccccc2)c(OCc2ccccc2)c1)c1c(-c2ccc(OCc3ccccc3)c(OCc3ccccc3)c2)oc2cccc(O)c2c1=O. The fourth-order valence-corrected chi connectivity index (χ4v) is 6.48. The van der Waals surface area contributed by atoms with Gasteiger partial charge in [0.2, 0.25) is 11.2 Å². The number of phenols is 1. The van der Waals surface area contributed by atoms with Crippen LogP contribution in [-0.2, 0) is 26.4 Å². The molecular weight excluding hydrogens is 729 g/mol. The maximum absolute atomic E-state index is 14.8. The molecule has 8 heteroatoms. The van der Waals surface area contributed by atoms with Gasteiger partial charge < -0.3 is 28.5 Å². The number of ether oxygens (including phenoxy) is 4. The Morgan fingerprint density at radius 2 is 0.931 bits per heavy atom. The summed E-state index contributed by atoms with van der Waals surface area (Å²) in [7, 11) is 0. The summed E-state index contributed by atoms with van der Waals surface area (Å²) in [4.78, 5) is 29.2. The number of ketones is 1. The molecule has 0 fully saturated rings. The molecule has 8 nitrogen and oxygen atoms in total. The fourth-order valence-electron chi connectivity index (χ4n) is 6.48. The molecule has 0 atom stereocenters. The van der Waals surface area contributed by atoms with Crippen molar-refractivity contribution in [3.05, 3.63) is 220 Å². The molecule has 0 bridgehead atoms. The van der Waals surface area contributed by atoms with Crippen molar-refractivity contribution in [2.45, 2.75) is 26.4 Å². The van der Waals surface area contributed by atoms with Crippen LogP contribution < -0.4 is 24.4 Å². The Kier molecular flexibility index (Phi) is 11.3. The van der Waals surface area contributed by atoms with Gasteiger partial charge in [-0.05, 0) is 70.8 Å². The first-order chi connectivity index (χ1) is 28.5. The van der Waals surface area contributed by atoms with Gasteiger partial charge in [0, 0.05) is 11.1 Å². The summed E-state index contributed by atoms with van der Waals surface area (Å²) < 4.78 is 31.4. The van der Waals surface area contributed by atoms with Crippen LogP contribution in [0.1, 0.15) is 38.2 Å². The smallest absolute Gasteiger partial charge is 0.208 e. The Hall–Kier alpha value is -7.58. The number of phenolic OH excluding ortho intramolecular Hbond substituents is 1. The zero-order valence-electron chi connectivity index (χ0n) is 31.4. The molecule has 286 valence electrons. The number of benzene rings is 7. The molecule has 0 aliphatic carbocycles. The van der Waals surface area contributed by atoms with E-state index in [-0.39, 0.29) is 60.0 Å². The van der Waals surface area contributed by atoms with E-state index in [4.69, 9.17) is 23.4 Å². The van der Waals surface area contributed by atoms with Crippen LogP contribution in [0.5, 0.6) is 28.7 Å². The molecule has 0 aliphatic rings. The van der Waals surface area contributed by atoms with Crippen LogP contribution >= 0.6 is 0 Å². The average Bonchev–Trinajstić information content (AvgIpc) is 3.27. The van der Waals surface area contributed by atoms with E-state index >= 15 is 0 Å². The molecule has 58 heavy (non-hydrogen) atoms. The van der Waals surface area contributed by atoms with Crippen LogP contribution in [0.4, 0.5) is 0 Å². The molecule has 0 unspecified atom stereocenters. The summed E-state index contributed by atoms with van der Waals surface area (Å²) in [6.45, 7) is 1.00. The van der Waals surface area contributed by atoms with Crippen molar-refractivity contribution in [3.63, 3.8) is 0 Å². The fraction of sp³-hybridized carbons (Fsp3) is 0.0800. The van der Waals surface area contributed by atoms with Crippen molar-refractivity contribution >= 4 is 16.8 Å². The van der Waals surface area contributed by atoms with E-state index in [9.17, 15) is 14.7 Å². The van der Waals surface area contributed by atoms with E-state index in [2.05, 4.69) is 0 Å². The van der Waals surface area contributed by atoms with Crippen LogP contribution in [0.15, 0.2) is 185 Å². The minimum Gasteiger partial charge on any atom is -0.507 e. The number of hydrogen-bond acceptors (Lipinski definition) is 8. The molecule has 1 N–H and O–H groups in total. The predicted octanol–water partition coefficient (Wildman–Crippen LogP) is 10.7. The molecule has 1 heterocycles. The van der Waals surface area contributed by atoms with Crippen LogP contribution in [0.2, 0.25) is 0 Å². The van der Waals surface area contributed by atoms with Gasteiger partial charge >= 0.3 is 0 Å². The zero-order chi connectivity index (χ0) is 39.7. The van der Waals surface area contributed by atoms with Crippen molar-refractivity contribution < 1.29 is 33.3 Å². The van der Waals surface area contributed by atoms with Gasteiger partial charge in [-0.2, -0.15) is 0 Å². The first-order valence-corrected chi connectivity index (χ1v) is 18.8. The molecule has 0 spiro atoms. The Balaban J connectivity index is 1.20. The van der Waals surface area contributed by atoms with Gasteiger partial charge in [-0.3, -0.25) is 9.59 Å². The van der Waals surface area contributed by atoms with Crippen molar-refractivity contribution in [3.8, 4) is 40.1 Å². The highest BCUT2D eigenvalue weighted by Crippen LogP contribution is 2.38. The topological polar surface area (TPSA) is 104 Å². The van der Waals surface area contributed by atoms with Crippen LogP contribution in [0, 0.1) is 0 Å². The van der Waals surface area contributed by atoms with Gasteiger partial charge in [-0.25, -0.2) is 0 Å². The summed E-state index contributed by atoms with van der Waals surface area (Å²) in [6, 6.07) is 53.3. The standard InChI is InChI=1S/C50H38O8/c51-40-22-13-23-43-46(40)49(53)47(48(52)38-24-26-41(54-30-34-14-5-1-6-15-34)44(28-38)56-32-36-18-9-3-10-19-36)50(58-43)39-25-27-42(55-31-35-16-7-2-8-17-35)45(29-39)57-33-37-20-11-4-12-21-37/h1-29,51H,30-33H2. The molecular formula is C50H38O8. The van der Waals surface area contributed by atoms with Crippen LogP contribution in [0.3, 0.4) is 0 Å². The van der Waals surface area contributed by atoms with Gasteiger partial charge in [0.1, 0.15) is 54.5 Å². The second kappa shape index (κ2) is 17.5. The van der Waals surface area contributed by atoms with Gasteiger partial charge in [0.05, 0.1) is 0 Å². The third-order valence-electron chi connectivity index (χ3n) is 9.48. The third-order valence-corrected chi connectivity index (χ3v) is 9.48. The Morgan fingerprint density at radius 3 is 1.43 bits per heavy atom. The molecule has 0 aliphatic heterocycles. The normalized spacial score (nSPS) is 10.9.